The largest absolute Gasteiger partial charge is 0.465 e. The highest BCUT2D eigenvalue weighted by Gasteiger charge is 2.21. The van der Waals surface area contributed by atoms with Gasteiger partial charge in [0.15, 0.2) is 5.15 Å². The summed E-state index contributed by atoms with van der Waals surface area (Å²) in [6.07, 6.45) is -0.274. The van der Waals surface area contributed by atoms with Crippen LogP contribution in [0.3, 0.4) is 0 Å². The maximum absolute atomic E-state index is 10.7. The predicted molar refractivity (Wildman–Crippen MR) is 49.2 cm³/mol. The van der Waals surface area contributed by atoms with E-state index in [0.29, 0.717) is 30.4 Å². The monoisotopic (exact) mass is 213 g/mol. The van der Waals surface area contributed by atoms with Gasteiger partial charge in [-0.25, -0.2) is 4.79 Å². The SMILES string of the molecule is O=C(O)N1CCc2cc(Cl)nnc2C1. The summed E-state index contributed by atoms with van der Waals surface area (Å²) < 4.78 is 0. The molecule has 2 rings (SSSR count). The Labute approximate surface area is 85.3 Å². The number of aromatic nitrogens is 2. The lowest BCUT2D eigenvalue weighted by atomic mass is 10.1. The summed E-state index contributed by atoms with van der Waals surface area (Å²) >= 11 is 5.67. The Morgan fingerprint density at radius 3 is 3.07 bits per heavy atom. The first-order chi connectivity index (χ1) is 6.66. The van der Waals surface area contributed by atoms with Gasteiger partial charge >= 0.3 is 6.09 Å². The van der Waals surface area contributed by atoms with Gasteiger partial charge in [0.25, 0.3) is 0 Å². The highest BCUT2D eigenvalue weighted by Crippen LogP contribution is 2.18. The second-order valence-electron chi connectivity index (χ2n) is 3.09. The van der Waals surface area contributed by atoms with E-state index in [1.807, 2.05) is 0 Å². The van der Waals surface area contributed by atoms with Crippen LogP contribution in [0.2, 0.25) is 5.15 Å². The first-order valence-corrected chi connectivity index (χ1v) is 4.53. The molecule has 2 heterocycles. The van der Waals surface area contributed by atoms with E-state index in [4.69, 9.17) is 16.7 Å². The zero-order chi connectivity index (χ0) is 10.1. The number of carboxylic acid groups (broad SMARTS) is 1. The van der Waals surface area contributed by atoms with Crippen molar-refractivity contribution in [1.29, 1.82) is 0 Å². The van der Waals surface area contributed by atoms with Crippen LogP contribution in [0.25, 0.3) is 0 Å². The molecule has 0 saturated carbocycles. The van der Waals surface area contributed by atoms with Crippen LogP contribution in [-0.4, -0.2) is 32.8 Å². The van der Waals surface area contributed by atoms with Crippen LogP contribution in [-0.2, 0) is 13.0 Å². The molecular formula is C8H8ClN3O2. The average Bonchev–Trinajstić information content (AvgIpc) is 2.16. The van der Waals surface area contributed by atoms with Gasteiger partial charge in [0, 0.05) is 6.54 Å². The predicted octanol–water partition coefficient (Wildman–Crippen LogP) is 1.17. The molecule has 0 bridgehead atoms. The first-order valence-electron chi connectivity index (χ1n) is 4.15. The van der Waals surface area contributed by atoms with Gasteiger partial charge in [-0.15, -0.1) is 5.10 Å². The Hall–Kier alpha value is -1.36. The van der Waals surface area contributed by atoms with Gasteiger partial charge in [-0.05, 0) is 18.1 Å². The normalized spacial score (nSPS) is 15.1. The molecule has 74 valence electrons. The Morgan fingerprint density at radius 1 is 1.57 bits per heavy atom. The minimum Gasteiger partial charge on any atom is -0.465 e. The van der Waals surface area contributed by atoms with Gasteiger partial charge in [-0.2, -0.15) is 5.10 Å². The van der Waals surface area contributed by atoms with Crippen molar-refractivity contribution in [3.05, 3.63) is 22.5 Å². The molecule has 0 aliphatic carbocycles. The quantitative estimate of drug-likeness (QED) is 0.703. The van der Waals surface area contributed by atoms with E-state index in [-0.39, 0.29) is 0 Å². The molecule has 5 nitrogen and oxygen atoms in total. The van der Waals surface area contributed by atoms with Crippen LogP contribution in [0, 0.1) is 0 Å². The van der Waals surface area contributed by atoms with E-state index >= 15 is 0 Å². The number of rotatable bonds is 0. The fourth-order valence-corrected chi connectivity index (χ4v) is 1.63. The van der Waals surface area contributed by atoms with Crippen molar-refractivity contribution >= 4 is 17.7 Å². The van der Waals surface area contributed by atoms with Crippen LogP contribution < -0.4 is 0 Å². The smallest absolute Gasteiger partial charge is 0.407 e. The molecule has 14 heavy (non-hydrogen) atoms. The van der Waals surface area contributed by atoms with Crippen LogP contribution in [0.15, 0.2) is 6.07 Å². The van der Waals surface area contributed by atoms with Gasteiger partial charge in [0.05, 0.1) is 12.2 Å². The van der Waals surface area contributed by atoms with E-state index < -0.39 is 6.09 Å². The fourth-order valence-electron chi connectivity index (χ4n) is 1.46. The molecule has 0 spiro atoms. The number of fused-ring (bicyclic) bond motifs is 1. The molecule has 0 saturated heterocycles. The van der Waals surface area contributed by atoms with E-state index in [1.54, 1.807) is 6.07 Å². The molecular weight excluding hydrogens is 206 g/mol. The zero-order valence-corrected chi connectivity index (χ0v) is 8.03. The van der Waals surface area contributed by atoms with Crippen LogP contribution in [0.5, 0.6) is 0 Å². The Balaban J connectivity index is 2.27. The van der Waals surface area contributed by atoms with Gasteiger partial charge < -0.3 is 10.0 Å². The minimum absolute atomic E-state index is 0.300. The molecule has 0 fully saturated rings. The summed E-state index contributed by atoms with van der Waals surface area (Å²) in [7, 11) is 0. The molecule has 1 aromatic heterocycles. The molecule has 6 heteroatoms. The summed E-state index contributed by atoms with van der Waals surface area (Å²) in [5.74, 6) is 0. The van der Waals surface area contributed by atoms with Crippen molar-refractivity contribution in [2.45, 2.75) is 13.0 Å². The second-order valence-corrected chi connectivity index (χ2v) is 3.48. The standard InChI is InChI=1S/C8H8ClN3O2/c9-7-3-5-1-2-12(8(13)14)4-6(5)10-11-7/h3H,1-2,4H2,(H,13,14). The molecule has 0 radical (unpaired) electrons. The van der Waals surface area contributed by atoms with Crippen molar-refractivity contribution in [3.63, 3.8) is 0 Å². The van der Waals surface area contributed by atoms with E-state index in [9.17, 15) is 4.79 Å². The average molecular weight is 214 g/mol. The maximum Gasteiger partial charge on any atom is 0.407 e. The summed E-state index contributed by atoms with van der Waals surface area (Å²) in [5.41, 5.74) is 1.69. The molecule has 1 aliphatic heterocycles. The van der Waals surface area contributed by atoms with Crippen molar-refractivity contribution in [2.75, 3.05) is 6.54 Å². The molecule has 1 aromatic rings. The molecule has 0 aromatic carbocycles. The second kappa shape index (κ2) is 3.42. The van der Waals surface area contributed by atoms with Crippen molar-refractivity contribution < 1.29 is 9.90 Å². The zero-order valence-electron chi connectivity index (χ0n) is 7.27. The third kappa shape index (κ3) is 1.63. The number of amides is 1. The molecule has 0 unspecified atom stereocenters. The number of carbonyl (C=O) groups is 1. The van der Waals surface area contributed by atoms with Crippen LogP contribution >= 0.6 is 11.6 Å². The summed E-state index contributed by atoms with van der Waals surface area (Å²) in [5, 5.41) is 16.7. The van der Waals surface area contributed by atoms with Crippen LogP contribution in [0.4, 0.5) is 4.79 Å². The lowest BCUT2D eigenvalue weighted by molar-refractivity contribution is 0.139. The fraction of sp³-hybridized carbons (Fsp3) is 0.375. The van der Waals surface area contributed by atoms with E-state index in [0.717, 1.165) is 5.56 Å². The number of halogens is 1. The topological polar surface area (TPSA) is 66.3 Å². The van der Waals surface area contributed by atoms with E-state index in [2.05, 4.69) is 10.2 Å². The lowest BCUT2D eigenvalue weighted by Crippen LogP contribution is -2.35. The van der Waals surface area contributed by atoms with Crippen molar-refractivity contribution in [3.8, 4) is 0 Å². The van der Waals surface area contributed by atoms with Gasteiger partial charge in [-0.3, -0.25) is 0 Å². The third-order valence-corrected chi connectivity index (χ3v) is 2.38. The maximum atomic E-state index is 10.7. The Kier molecular flexibility index (Phi) is 2.25. The van der Waals surface area contributed by atoms with E-state index in [1.165, 1.54) is 4.90 Å². The van der Waals surface area contributed by atoms with Crippen LogP contribution in [0.1, 0.15) is 11.3 Å². The number of hydrogen-bond donors (Lipinski definition) is 1. The molecule has 1 N–H and O–H groups in total. The first kappa shape index (κ1) is 9.21. The highest BCUT2D eigenvalue weighted by molar-refractivity contribution is 6.29. The highest BCUT2D eigenvalue weighted by atomic mass is 35.5. The summed E-state index contributed by atoms with van der Waals surface area (Å²) in [6.45, 7) is 0.791. The lowest BCUT2D eigenvalue weighted by Gasteiger charge is -2.24. The number of nitrogens with zero attached hydrogens (tertiary/aromatic N) is 3. The van der Waals surface area contributed by atoms with Gasteiger partial charge in [0.1, 0.15) is 0 Å². The van der Waals surface area contributed by atoms with Crippen molar-refractivity contribution in [2.24, 2.45) is 0 Å². The Bertz CT molecular complexity index is 383. The summed E-state index contributed by atoms with van der Waals surface area (Å²) in [4.78, 5) is 12.0. The molecule has 1 aliphatic rings. The number of hydrogen-bond acceptors (Lipinski definition) is 3. The summed E-state index contributed by atoms with van der Waals surface area (Å²) in [6, 6.07) is 1.74. The van der Waals surface area contributed by atoms with Gasteiger partial charge in [-0.1, -0.05) is 11.6 Å². The Morgan fingerprint density at radius 2 is 2.36 bits per heavy atom. The van der Waals surface area contributed by atoms with Crippen molar-refractivity contribution in [1.82, 2.24) is 15.1 Å². The molecule has 1 amide bonds. The third-order valence-electron chi connectivity index (χ3n) is 2.19. The van der Waals surface area contributed by atoms with Gasteiger partial charge in [0.2, 0.25) is 0 Å². The minimum atomic E-state index is -0.924. The molecule has 0 atom stereocenters.